The van der Waals surface area contributed by atoms with E-state index >= 15 is 0 Å². The van der Waals surface area contributed by atoms with Crippen molar-refractivity contribution in [1.29, 1.82) is 0 Å². The van der Waals surface area contributed by atoms with Crippen LogP contribution in [0.5, 0.6) is 0 Å². The van der Waals surface area contributed by atoms with Gasteiger partial charge in [-0.3, -0.25) is 4.79 Å². The number of hydrogen-bond acceptors (Lipinski definition) is 5. The van der Waals surface area contributed by atoms with E-state index in [0.717, 1.165) is 24.2 Å². The van der Waals surface area contributed by atoms with E-state index in [9.17, 15) is 18.0 Å². The SMILES string of the molecule is CCCCc1nc(Cl)c(C=O)n1Cc1ccc(-c2ccccc2S(=O)(=O)NC(=O)NCCC)cc1. The van der Waals surface area contributed by atoms with Crippen LogP contribution in [-0.2, 0) is 23.0 Å². The van der Waals surface area contributed by atoms with E-state index in [1.54, 1.807) is 18.2 Å². The molecule has 1 aromatic heterocycles. The number of unbranched alkanes of at least 4 members (excludes halogenated alkanes) is 1. The normalized spacial score (nSPS) is 11.3. The minimum absolute atomic E-state index is 0.00545. The Balaban J connectivity index is 1.87. The van der Waals surface area contributed by atoms with Gasteiger partial charge >= 0.3 is 6.03 Å². The van der Waals surface area contributed by atoms with Crippen molar-refractivity contribution in [2.45, 2.75) is 51.0 Å². The number of amides is 2. The highest BCUT2D eigenvalue weighted by Crippen LogP contribution is 2.28. The fourth-order valence-electron chi connectivity index (χ4n) is 3.66. The first-order chi connectivity index (χ1) is 16.8. The number of halogens is 1. The molecule has 0 bridgehead atoms. The molecular formula is C25H29ClN4O4S. The number of aldehydes is 1. The van der Waals surface area contributed by atoms with Crippen molar-refractivity contribution in [3.63, 3.8) is 0 Å². The lowest BCUT2D eigenvalue weighted by Gasteiger charge is -2.13. The number of rotatable bonds is 11. The molecular weight excluding hydrogens is 488 g/mol. The summed E-state index contributed by atoms with van der Waals surface area (Å²) in [7, 11) is -4.08. The first-order valence-electron chi connectivity index (χ1n) is 11.5. The Hall–Kier alpha value is -3.17. The lowest BCUT2D eigenvalue weighted by Crippen LogP contribution is -2.39. The zero-order valence-corrected chi connectivity index (χ0v) is 21.3. The lowest BCUT2D eigenvalue weighted by molar-refractivity contribution is 0.111. The number of benzene rings is 2. The van der Waals surface area contributed by atoms with Crippen molar-refractivity contribution in [2.24, 2.45) is 0 Å². The second-order valence-electron chi connectivity index (χ2n) is 8.07. The minimum atomic E-state index is -4.08. The smallest absolute Gasteiger partial charge is 0.328 e. The number of aromatic nitrogens is 2. The van der Waals surface area contributed by atoms with E-state index in [0.29, 0.717) is 49.0 Å². The van der Waals surface area contributed by atoms with E-state index < -0.39 is 16.1 Å². The molecule has 0 unspecified atom stereocenters. The quantitative estimate of drug-likeness (QED) is 0.355. The first-order valence-corrected chi connectivity index (χ1v) is 13.4. The molecule has 186 valence electrons. The number of nitrogens with zero attached hydrogens (tertiary/aromatic N) is 2. The van der Waals surface area contributed by atoms with Crippen molar-refractivity contribution in [3.05, 3.63) is 70.8 Å². The minimum Gasteiger partial charge on any atom is -0.337 e. The van der Waals surface area contributed by atoms with Gasteiger partial charge in [-0.2, -0.15) is 0 Å². The molecule has 0 radical (unpaired) electrons. The summed E-state index contributed by atoms with van der Waals surface area (Å²) in [6.45, 7) is 4.74. The van der Waals surface area contributed by atoms with Gasteiger partial charge in [0.25, 0.3) is 10.0 Å². The Kier molecular flexibility index (Phi) is 9.06. The molecule has 0 fully saturated rings. The molecule has 3 aromatic rings. The van der Waals surface area contributed by atoms with Crippen LogP contribution in [0.25, 0.3) is 11.1 Å². The van der Waals surface area contributed by atoms with E-state index in [1.807, 2.05) is 35.8 Å². The molecule has 2 aromatic carbocycles. The third-order valence-corrected chi connectivity index (χ3v) is 7.12. The maximum absolute atomic E-state index is 12.9. The van der Waals surface area contributed by atoms with Crippen LogP contribution >= 0.6 is 11.6 Å². The van der Waals surface area contributed by atoms with Crippen LogP contribution in [0.4, 0.5) is 4.79 Å². The number of aryl methyl sites for hydroxylation is 1. The van der Waals surface area contributed by atoms with Gasteiger partial charge in [0.1, 0.15) is 11.5 Å². The summed E-state index contributed by atoms with van der Waals surface area (Å²) >= 11 is 6.17. The summed E-state index contributed by atoms with van der Waals surface area (Å²) in [6.07, 6.45) is 4.04. The highest BCUT2D eigenvalue weighted by atomic mass is 35.5. The Labute approximate surface area is 210 Å². The molecule has 0 atom stereocenters. The molecule has 10 heteroatoms. The maximum atomic E-state index is 12.9. The van der Waals surface area contributed by atoms with Gasteiger partial charge in [0.15, 0.2) is 11.4 Å². The number of carbonyl (C=O) groups excluding carboxylic acids is 2. The van der Waals surface area contributed by atoms with Crippen molar-refractivity contribution in [3.8, 4) is 11.1 Å². The molecule has 3 rings (SSSR count). The fraction of sp³-hybridized carbons (Fsp3) is 0.320. The van der Waals surface area contributed by atoms with Crippen LogP contribution < -0.4 is 10.0 Å². The van der Waals surface area contributed by atoms with Crippen molar-refractivity contribution < 1.29 is 18.0 Å². The molecule has 0 aliphatic heterocycles. The molecule has 35 heavy (non-hydrogen) atoms. The Bertz CT molecular complexity index is 1290. The van der Waals surface area contributed by atoms with Gasteiger partial charge in [0, 0.05) is 25.1 Å². The second kappa shape index (κ2) is 12.0. The Morgan fingerprint density at radius 3 is 2.46 bits per heavy atom. The van der Waals surface area contributed by atoms with Gasteiger partial charge in [-0.15, -0.1) is 0 Å². The predicted octanol–water partition coefficient (Wildman–Crippen LogP) is 4.80. The molecule has 0 spiro atoms. The highest BCUT2D eigenvalue weighted by Gasteiger charge is 2.22. The van der Waals surface area contributed by atoms with Crippen LogP contribution in [-0.4, -0.2) is 36.8 Å². The first kappa shape index (κ1) is 26.4. The van der Waals surface area contributed by atoms with Crippen LogP contribution in [0.2, 0.25) is 5.15 Å². The third-order valence-electron chi connectivity index (χ3n) is 5.45. The number of hydrogen-bond donors (Lipinski definition) is 2. The summed E-state index contributed by atoms with van der Waals surface area (Å²) < 4.78 is 29.6. The van der Waals surface area contributed by atoms with Crippen molar-refractivity contribution >= 4 is 33.9 Å². The number of carbonyl (C=O) groups is 2. The highest BCUT2D eigenvalue weighted by molar-refractivity contribution is 7.90. The molecule has 0 saturated heterocycles. The van der Waals surface area contributed by atoms with E-state index in [1.165, 1.54) is 6.07 Å². The molecule has 8 nitrogen and oxygen atoms in total. The summed E-state index contributed by atoms with van der Waals surface area (Å²) in [6, 6.07) is 13.1. The summed E-state index contributed by atoms with van der Waals surface area (Å²) in [5.74, 6) is 0.756. The Morgan fingerprint density at radius 1 is 1.09 bits per heavy atom. The standard InChI is InChI=1S/C25H29ClN4O4S/c1-3-5-10-23-28-24(26)21(17-31)30(23)16-18-11-13-19(14-12-18)20-8-6-7-9-22(20)35(33,34)29-25(32)27-15-4-2/h6-9,11-14,17H,3-5,10,15-16H2,1-2H3,(H2,27,29,32). The van der Waals surface area contributed by atoms with Crippen LogP contribution in [0.3, 0.4) is 0 Å². The zero-order chi connectivity index (χ0) is 25.4. The van der Waals surface area contributed by atoms with E-state index in [2.05, 4.69) is 21.9 Å². The molecule has 2 amide bonds. The largest absolute Gasteiger partial charge is 0.337 e. The summed E-state index contributed by atoms with van der Waals surface area (Å²) in [5.41, 5.74) is 2.39. The molecule has 2 N–H and O–H groups in total. The van der Waals surface area contributed by atoms with Gasteiger partial charge in [0.05, 0.1) is 4.90 Å². The van der Waals surface area contributed by atoms with Crippen LogP contribution in [0.1, 0.15) is 55.0 Å². The maximum Gasteiger partial charge on any atom is 0.328 e. The van der Waals surface area contributed by atoms with E-state index in [-0.39, 0.29) is 10.0 Å². The average molecular weight is 517 g/mol. The molecule has 1 heterocycles. The van der Waals surface area contributed by atoms with Gasteiger partial charge in [-0.05, 0) is 30.0 Å². The monoisotopic (exact) mass is 516 g/mol. The van der Waals surface area contributed by atoms with Crippen LogP contribution in [0, 0.1) is 0 Å². The number of urea groups is 1. The third kappa shape index (κ3) is 6.49. The van der Waals surface area contributed by atoms with Gasteiger partial charge < -0.3 is 9.88 Å². The van der Waals surface area contributed by atoms with Gasteiger partial charge in [-0.25, -0.2) is 22.9 Å². The lowest BCUT2D eigenvalue weighted by atomic mass is 10.0. The van der Waals surface area contributed by atoms with E-state index in [4.69, 9.17) is 11.6 Å². The van der Waals surface area contributed by atoms with Gasteiger partial charge in [0.2, 0.25) is 0 Å². The number of sulfonamides is 1. The molecule has 0 aliphatic rings. The summed E-state index contributed by atoms with van der Waals surface area (Å²) in [5, 5.41) is 2.70. The number of imidazole rings is 1. The predicted molar refractivity (Wildman–Crippen MR) is 136 cm³/mol. The second-order valence-corrected chi connectivity index (χ2v) is 10.1. The average Bonchev–Trinajstić information content (AvgIpc) is 3.15. The fourth-order valence-corrected chi connectivity index (χ4v) is 5.06. The molecule has 0 saturated carbocycles. The number of nitrogens with one attached hydrogen (secondary N) is 2. The van der Waals surface area contributed by atoms with Crippen LogP contribution in [0.15, 0.2) is 53.4 Å². The summed E-state index contributed by atoms with van der Waals surface area (Å²) in [4.78, 5) is 27.9. The van der Waals surface area contributed by atoms with Crippen molar-refractivity contribution in [1.82, 2.24) is 19.6 Å². The zero-order valence-electron chi connectivity index (χ0n) is 19.8. The van der Waals surface area contributed by atoms with Crippen molar-refractivity contribution in [2.75, 3.05) is 6.54 Å². The Morgan fingerprint density at radius 2 is 1.80 bits per heavy atom. The topological polar surface area (TPSA) is 110 Å². The molecule has 0 aliphatic carbocycles. The van der Waals surface area contributed by atoms with Gasteiger partial charge in [-0.1, -0.05) is 74.3 Å².